The van der Waals surface area contributed by atoms with E-state index in [9.17, 15) is 4.79 Å². The number of rotatable bonds is 10. The van der Waals surface area contributed by atoms with Gasteiger partial charge in [0.2, 0.25) is 5.69 Å². The van der Waals surface area contributed by atoms with Crippen LogP contribution >= 0.6 is 0 Å². The van der Waals surface area contributed by atoms with Crippen LogP contribution in [0.15, 0.2) is 78.9 Å². The van der Waals surface area contributed by atoms with Crippen LogP contribution in [0.1, 0.15) is 28.5 Å². The van der Waals surface area contributed by atoms with Crippen LogP contribution in [0.2, 0.25) is 0 Å². The van der Waals surface area contributed by atoms with Crippen molar-refractivity contribution in [3.05, 3.63) is 95.7 Å². The molecule has 0 spiro atoms. The highest BCUT2D eigenvalue weighted by molar-refractivity contribution is 5.93. The highest BCUT2D eigenvalue weighted by Gasteiger charge is 2.27. The third-order valence-electron chi connectivity index (χ3n) is 5.46. The van der Waals surface area contributed by atoms with Gasteiger partial charge in [0.15, 0.2) is 5.75 Å². The molecule has 0 radical (unpaired) electrons. The zero-order valence-corrected chi connectivity index (χ0v) is 20.1. The lowest BCUT2D eigenvalue weighted by molar-refractivity contribution is 0.0513. The molecule has 0 amide bonds. The number of hydrogen-bond acceptors (Lipinski definition) is 6. The highest BCUT2D eigenvalue weighted by Crippen LogP contribution is 2.35. The van der Waals surface area contributed by atoms with Crippen molar-refractivity contribution in [3.63, 3.8) is 0 Å². The second-order valence-corrected chi connectivity index (χ2v) is 7.76. The molecular weight excluding hydrogens is 444 g/mol. The van der Waals surface area contributed by atoms with Crippen molar-refractivity contribution in [1.29, 1.82) is 0 Å². The monoisotopic (exact) mass is 472 g/mol. The lowest BCUT2D eigenvalue weighted by atomic mass is 10.1. The van der Waals surface area contributed by atoms with Crippen molar-refractivity contribution in [2.24, 2.45) is 0 Å². The van der Waals surface area contributed by atoms with Gasteiger partial charge in [0.05, 0.1) is 27.4 Å². The molecule has 7 nitrogen and oxygen atoms in total. The Morgan fingerprint density at radius 2 is 1.43 bits per heavy atom. The van der Waals surface area contributed by atoms with Gasteiger partial charge in [-0.25, -0.2) is 4.79 Å². The van der Waals surface area contributed by atoms with Crippen LogP contribution in [-0.4, -0.2) is 36.6 Å². The molecule has 0 fully saturated rings. The third kappa shape index (κ3) is 5.63. The molecule has 3 aromatic carbocycles. The Morgan fingerprint density at radius 3 is 2.00 bits per heavy atom. The van der Waals surface area contributed by atoms with Gasteiger partial charge in [-0.15, -0.1) is 0 Å². The third-order valence-corrected chi connectivity index (χ3v) is 5.46. The average Bonchev–Trinajstić information content (AvgIpc) is 3.26. The minimum Gasteiger partial charge on any atom is -0.497 e. The predicted octanol–water partition coefficient (Wildman–Crippen LogP) is 5.37. The Bertz CT molecular complexity index is 1250. The van der Waals surface area contributed by atoms with Crippen LogP contribution < -0.4 is 14.2 Å². The van der Waals surface area contributed by atoms with Gasteiger partial charge in [0.1, 0.15) is 23.8 Å². The van der Waals surface area contributed by atoms with E-state index in [1.54, 1.807) is 25.8 Å². The van der Waals surface area contributed by atoms with Gasteiger partial charge in [-0.05, 0) is 42.3 Å². The maximum atomic E-state index is 12.9. The zero-order chi connectivity index (χ0) is 24.6. The lowest BCUT2D eigenvalue weighted by Gasteiger charge is -2.12. The molecule has 7 heteroatoms. The van der Waals surface area contributed by atoms with E-state index in [2.05, 4.69) is 5.10 Å². The van der Waals surface area contributed by atoms with Crippen LogP contribution in [-0.2, 0) is 17.9 Å². The first-order valence-electron chi connectivity index (χ1n) is 11.3. The molecule has 4 rings (SSSR count). The minimum absolute atomic E-state index is 0.146. The van der Waals surface area contributed by atoms with Crippen LogP contribution in [0.4, 0.5) is 0 Å². The van der Waals surface area contributed by atoms with Crippen LogP contribution in [0, 0.1) is 0 Å². The van der Waals surface area contributed by atoms with E-state index in [0.717, 1.165) is 28.2 Å². The number of carbonyl (C=O) groups is 1. The van der Waals surface area contributed by atoms with E-state index in [-0.39, 0.29) is 18.9 Å². The van der Waals surface area contributed by atoms with Gasteiger partial charge < -0.3 is 18.9 Å². The summed E-state index contributed by atoms with van der Waals surface area (Å²) in [5.41, 5.74) is 3.67. The molecule has 35 heavy (non-hydrogen) atoms. The number of benzene rings is 3. The molecule has 1 aromatic heterocycles. The fraction of sp³-hybridized carbons (Fsp3) is 0.214. The Labute approximate surface area is 204 Å². The number of methoxy groups -OCH3 is 2. The first kappa shape index (κ1) is 23.9. The second kappa shape index (κ2) is 11.2. The summed E-state index contributed by atoms with van der Waals surface area (Å²) in [7, 11) is 3.26. The molecule has 0 aliphatic heterocycles. The number of nitrogens with zero attached hydrogens (tertiary/aromatic N) is 2. The fourth-order valence-corrected chi connectivity index (χ4v) is 3.69. The van der Waals surface area contributed by atoms with Crippen LogP contribution in [0.5, 0.6) is 17.2 Å². The summed E-state index contributed by atoms with van der Waals surface area (Å²) in [5, 5.41) is 4.65. The number of hydrogen-bond donors (Lipinski definition) is 0. The molecule has 180 valence electrons. The lowest BCUT2D eigenvalue weighted by Crippen LogP contribution is -2.09. The van der Waals surface area contributed by atoms with Crippen molar-refractivity contribution in [2.75, 3.05) is 20.8 Å². The Hall–Kier alpha value is -4.26. The van der Waals surface area contributed by atoms with E-state index < -0.39 is 5.97 Å². The van der Waals surface area contributed by atoms with Crippen LogP contribution in [0.3, 0.4) is 0 Å². The van der Waals surface area contributed by atoms with E-state index in [1.165, 1.54) is 0 Å². The van der Waals surface area contributed by atoms with E-state index in [4.69, 9.17) is 18.9 Å². The summed E-state index contributed by atoms with van der Waals surface area (Å²) >= 11 is 0. The van der Waals surface area contributed by atoms with Crippen molar-refractivity contribution < 1.29 is 23.7 Å². The molecule has 0 unspecified atom stereocenters. The molecule has 1 heterocycles. The van der Waals surface area contributed by atoms with Crippen molar-refractivity contribution in [1.82, 2.24) is 9.78 Å². The fourth-order valence-electron chi connectivity index (χ4n) is 3.69. The van der Waals surface area contributed by atoms with Gasteiger partial charge in [-0.3, -0.25) is 4.68 Å². The molecule has 0 atom stereocenters. The predicted molar refractivity (Wildman–Crippen MR) is 133 cm³/mol. The van der Waals surface area contributed by atoms with Gasteiger partial charge in [0, 0.05) is 5.56 Å². The molecule has 0 aliphatic carbocycles. The van der Waals surface area contributed by atoms with Gasteiger partial charge >= 0.3 is 5.97 Å². The van der Waals surface area contributed by atoms with Gasteiger partial charge in [-0.1, -0.05) is 54.6 Å². The molecular formula is C28H28N2O5. The normalized spacial score (nSPS) is 10.6. The van der Waals surface area contributed by atoms with E-state index >= 15 is 0 Å². The highest BCUT2D eigenvalue weighted by atomic mass is 16.5. The summed E-state index contributed by atoms with van der Waals surface area (Å²) in [6.07, 6.45) is 0. The van der Waals surface area contributed by atoms with Gasteiger partial charge in [-0.2, -0.15) is 5.10 Å². The number of ether oxygens (including phenoxy) is 4. The molecule has 4 aromatic rings. The van der Waals surface area contributed by atoms with E-state index in [1.807, 2.05) is 78.9 Å². The Morgan fingerprint density at radius 1 is 0.829 bits per heavy atom. The first-order chi connectivity index (χ1) is 17.1. The minimum atomic E-state index is -0.525. The van der Waals surface area contributed by atoms with Crippen LogP contribution in [0.25, 0.3) is 11.3 Å². The topological polar surface area (TPSA) is 71.8 Å². The number of esters is 1. The Balaban J connectivity index is 1.76. The molecule has 0 saturated carbocycles. The maximum Gasteiger partial charge on any atom is 0.362 e. The standard InChI is InChI=1S/C28H28N2O5/c1-4-34-28(31)25-27(35-19-21-12-16-24(33-3)17-13-21)26(22-8-6-5-7-9-22)30(29-25)18-20-10-14-23(32-2)15-11-20/h5-17H,4,18-19H2,1-3H3. The van der Waals surface area contributed by atoms with E-state index in [0.29, 0.717) is 18.0 Å². The second-order valence-electron chi connectivity index (χ2n) is 7.76. The average molecular weight is 473 g/mol. The first-order valence-corrected chi connectivity index (χ1v) is 11.3. The maximum absolute atomic E-state index is 12.9. The smallest absolute Gasteiger partial charge is 0.362 e. The molecule has 0 bridgehead atoms. The summed E-state index contributed by atoms with van der Waals surface area (Å²) in [6, 6.07) is 25.1. The molecule has 0 N–H and O–H groups in total. The van der Waals surface area contributed by atoms with Crippen molar-refractivity contribution in [3.8, 4) is 28.5 Å². The largest absolute Gasteiger partial charge is 0.497 e. The SMILES string of the molecule is CCOC(=O)c1nn(Cc2ccc(OC)cc2)c(-c2ccccc2)c1OCc1ccc(OC)cc1. The number of carbonyl (C=O) groups excluding carboxylic acids is 1. The summed E-state index contributed by atoms with van der Waals surface area (Å²) < 4.78 is 23.9. The summed E-state index contributed by atoms with van der Waals surface area (Å²) in [6.45, 7) is 2.70. The molecule has 0 aliphatic rings. The Kier molecular flexibility index (Phi) is 7.67. The zero-order valence-electron chi connectivity index (χ0n) is 20.1. The quantitative estimate of drug-likeness (QED) is 0.289. The number of aromatic nitrogens is 2. The molecule has 0 saturated heterocycles. The van der Waals surface area contributed by atoms with Crippen molar-refractivity contribution in [2.45, 2.75) is 20.1 Å². The summed E-state index contributed by atoms with van der Waals surface area (Å²) in [4.78, 5) is 12.9. The van der Waals surface area contributed by atoms with Gasteiger partial charge in [0.25, 0.3) is 0 Å². The van der Waals surface area contributed by atoms with Crippen molar-refractivity contribution >= 4 is 5.97 Å². The summed E-state index contributed by atoms with van der Waals surface area (Å²) in [5.74, 6) is 1.40.